The van der Waals surface area contributed by atoms with Gasteiger partial charge in [-0.05, 0) is 83.8 Å². The van der Waals surface area contributed by atoms with E-state index >= 15 is 4.39 Å². The van der Waals surface area contributed by atoms with Crippen molar-refractivity contribution in [2.75, 3.05) is 6.26 Å². The molecule has 0 aliphatic carbocycles. The molecule has 0 radical (unpaired) electrons. The van der Waals surface area contributed by atoms with Crippen molar-refractivity contribution in [3.63, 3.8) is 0 Å². The molecule has 6 aromatic rings. The molecule has 7 nitrogen and oxygen atoms in total. The lowest BCUT2D eigenvalue weighted by atomic mass is 10.1. The lowest BCUT2D eigenvalue weighted by Gasteiger charge is -2.14. The Morgan fingerprint density at radius 2 is 1.77 bits per heavy atom. The van der Waals surface area contributed by atoms with Gasteiger partial charge in [0.1, 0.15) is 11.6 Å². The summed E-state index contributed by atoms with van der Waals surface area (Å²) in [5, 5.41) is 5.18. The van der Waals surface area contributed by atoms with Crippen LogP contribution in [0.25, 0.3) is 22.3 Å². The Kier molecular flexibility index (Phi) is 8.05. The topological polar surface area (TPSA) is 79.0 Å². The summed E-state index contributed by atoms with van der Waals surface area (Å²) in [6.07, 6.45) is 3.89. The predicted molar refractivity (Wildman–Crippen MR) is 176 cm³/mol. The van der Waals surface area contributed by atoms with Crippen LogP contribution in [0, 0.1) is 16.3 Å². The number of ether oxygens (including phenoxy) is 1. The summed E-state index contributed by atoms with van der Waals surface area (Å²) in [4.78, 5) is 5.38. The first-order valence-electron chi connectivity index (χ1n) is 13.3. The van der Waals surface area contributed by atoms with Gasteiger partial charge in [0.15, 0.2) is 17.4 Å². The Morgan fingerprint density at radius 1 is 1.00 bits per heavy atom. The summed E-state index contributed by atoms with van der Waals surface area (Å²) in [5.41, 5.74) is 3.05. The van der Waals surface area contributed by atoms with E-state index in [0.29, 0.717) is 28.3 Å². The Morgan fingerprint density at radius 3 is 2.51 bits per heavy atom. The van der Waals surface area contributed by atoms with E-state index in [0.717, 1.165) is 30.1 Å². The van der Waals surface area contributed by atoms with E-state index in [-0.39, 0.29) is 16.2 Å². The fraction of sp³-hybridized carbons (Fsp3) is 0.125. The summed E-state index contributed by atoms with van der Waals surface area (Å²) in [5.74, 6) is 1.11. The number of hydrogen-bond donors (Lipinski definition) is 0. The number of aryl methyl sites for hydroxylation is 2. The number of fused-ring (bicyclic) bond motifs is 1. The summed E-state index contributed by atoms with van der Waals surface area (Å²) in [6, 6.07) is 24.9. The molecule has 0 saturated carbocycles. The van der Waals surface area contributed by atoms with Crippen molar-refractivity contribution in [1.82, 2.24) is 18.7 Å². The molecule has 4 aromatic carbocycles. The van der Waals surface area contributed by atoms with E-state index < -0.39 is 15.8 Å². The third-order valence-corrected chi connectivity index (χ3v) is 10.2. The minimum atomic E-state index is -3.93. The molecule has 0 aliphatic rings. The quantitative estimate of drug-likeness (QED) is 0.118. The SMILES string of the molecule is CSc1c(Oc2cccc(-c3nc(Cc4cccc(I)c4)n(C)n3)c2)c(F)cc2c1ccn2S(=O)(=O)c1ccc(C)cc1. The Hall–Kier alpha value is -3.68. The predicted octanol–water partition coefficient (Wildman–Crippen LogP) is 7.83. The van der Waals surface area contributed by atoms with Gasteiger partial charge in [-0.15, -0.1) is 11.8 Å². The molecule has 2 heterocycles. The summed E-state index contributed by atoms with van der Waals surface area (Å²) in [6.45, 7) is 1.88. The molecule has 43 heavy (non-hydrogen) atoms. The average Bonchev–Trinajstić information content (AvgIpc) is 3.57. The van der Waals surface area contributed by atoms with Crippen molar-refractivity contribution in [2.24, 2.45) is 7.05 Å². The highest BCUT2D eigenvalue weighted by Gasteiger charge is 2.24. The zero-order chi connectivity index (χ0) is 30.3. The molecule has 0 atom stereocenters. The van der Waals surface area contributed by atoms with Crippen LogP contribution in [0.3, 0.4) is 0 Å². The monoisotopic (exact) mass is 724 g/mol. The van der Waals surface area contributed by atoms with Crippen molar-refractivity contribution < 1.29 is 17.5 Å². The third-order valence-electron chi connectivity index (χ3n) is 7.02. The molecule has 0 unspecified atom stereocenters. The molecule has 0 bridgehead atoms. The number of halogens is 2. The minimum Gasteiger partial charge on any atom is -0.453 e. The van der Waals surface area contributed by atoms with Gasteiger partial charge < -0.3 is 4.74 Å². The number of benzene rings is 4. The molecule has 2 aromatic heterocycles. The van der Waals surface area contributed by atoms with Gasteiger partial charge in [0, 0.05) is 40.3 Å². The van der Waals surface area contributed by atoms with E-state index in [1.54, 1.807) is 59.5 Å². The Balaban J connectivity index is 1.32. The maximum atomic E-state index is 15.7. The average molecular weight is 725 g/mol. The first-order valence-corrected chi connectivity index (χ1v) is 17.0. The zero-order valence-electron chi connectivity index (χ0n) is 23.5. The maximum absolute atomic E-state index is 15.7. The van der Waals surface area contributed by atoms with E-state index in [1.807, 2.05) is 32.2 Å². The molecule has 0 spiro atoms. The van der Waals surface area contributed by atoms with Crippen molar-refractivity contribution in [3.05, 3.63) is 117 Å². The van der Waals surface area contributed by atoms with Crippen LogP contribution in [0.4, 0.5) is 4.39 Å². The fourth-order valence-corrected chi connectivity index (χ4v) is 7.51. The molecule has 218 valence electrons. The molecule has 6 rings (SSSR count). The molecule has 0 fully saturated rings. The van der Waals surface area contributed by atoms with Crippen molar-refractivity contribution in [2.45, 2.75) is 23.1 Å². The van der Waals surface area contributed by atoms with Crippen molar-refractivity contribution in [3.8, 4) is 22.9 Å². The maximum Gasteiger partial charge on any atom is 0.268 e. The van der Waals surface area contributed by atoms with Crippen LogP contribution >= 0.6 is 34.4 Å². The first kappa shape index (κ1) is 29.4. The molecule has 0 saturated heterocycles. The van der Waals surface area contributed by atoms with E-state index in [2.05, 4.69) is 39.8 Å². The van der Waals surface area contributed by atoms with Gasteiger partial charge in [-0.1, -0.05) is 42.0 Å². The summed E-state index contributed by atoms with van der Waals surface area (Å²) < 4.78 is 52.7. The van der Waals surface area contributed by atoms with Gasteiger partial charge in [0.2, 0.25) is 0 Å². The molecule has 0 aliphatic heterocycles. The second kappa shape index (κ2) is 11.8. The van der Waals surface area contributed by atoms with Crippen molar-refractivity contribution >= 4 is 55.3 Å². The highest BCUT2D eigenvalue weighted by Crippen LogP contribution is 2.41. The molecule has 0 N–H and O–H groups in total. The van der Waals surface area contributed by atoms with Gasteiger partial charge in [-0.3, -0.25) is 4.68 Å². The number of thioether (sulfide) groups is 1. The van der Waals surface area contributed by atoms with E-state index in [1.165, 1.54) is 24.0 Å². The van der Waals surface area contributed by atoms with Crippen LogP contribution in [0.1, 0.15) is 17.0 Å². The van der Waals surface area contributed by atoms with Gasteiger partial charge in [0.05, 0.1) is 15.3 Å². The number of aromatic nitrogens is 4. The van der Waals surface area contributed by atoms with Crippen LogP contribution in [0.2, 0.25) is 0 Å². The first-order chi connectivity index (χ1) is 20.6. The lowest BCUT2D eigenvalue weighted by Crippen LogP contribution is -2.12. The molecule has 11 heteroatoms. The Labute approximate surface area is 266 Å². The van der Waals surface area contributed by atoms with E-state index in [9.17, 15) is 8.42 Å². The van der Waals surface area contributed by atoms with Crippen LogP contribution in [-0.2, 0) is 23.5 Å². The number of nitrogens with zero attached hydrogens (tertiary/aromatic N) is 4. The standard InChI is InChI=1S/C32H26FIN4O3S2/c1-20-10-12-25(13-11-20)43(39,40)38-15-14-26-28(38)19-27(33)30(31(26)42-3)41-24-9-5-7-22(18-24)32-35-29(37(2)36-32)17-21-6-4-8-23(34)16-21/h4-16,18-19H,17H2,1-3H3. The van der Waals surface area contributed by atoms with Crippen LogP contribution < -0.4 is 4.74 Å². The van der Waals surface area contributed by atoms with Crippen LogP contribution in [-0.4, -0.2) is 33.4 Å². The Bertz CT molecular complexity index is 2090. The van der Waals surface area contributed by atoms with Crippen LogP contribution in [0.5, 0.6) is 11.5 Å². The highest BCUT2D eigenvalue weighted by molar-refractivity contribution is 14.1. The summed E-state index contributed by atoms with van der Waals surface area (Å²) >= 11 is 3.58. The van der Waals surface area contributed by atoms with Gasteiger partial charge in [0.25, 0.3) is 10.0 Å². The number of hydrogen-bond acceptors (Lipinski definition) is 6. The molecular weight excluding hydrogens is 698 g/mol. The minimum absolute atomic E-state index is 0.0241. The molecule has 0 amide bonds. The van der Waals surface area contributed by atoms with Gasteiger partial charge in [-0.25, -0.2) is 21.8 Å². The van der Waals surface area contributed by atoms with Crippen molar-refractivity contribution in [1.29, 1.82) is 0 Å². The zero-order valence-corrected chi connectivity index (χ0v) is 27.2. The van der Waals surface area contributed by atoms with Crippen LogP contribution in [0.15, 0.2) is 101 Å². The van der Waals surface area contributed by atoms with Gasteiger partial charge in [-0.2, -0.15) is 5.10 Å². The largest absolute Gasteiger partial charge is 0.453 e. The molecular formula is C32H26FIN4O3S2. The smallest absolute Gasteiger partial charge is 0.268 e. The van der Waals surface area contributed by atoms with Gasteiger partial charge >= 0.3 is 0 Å². The second-order valence-corrected chi connectivity index (χ2v) is 13.9. The number of rotatable bonds is 8. The lowest BCUT2D eigenvalue weighted by molar-refractivity contribution is 0.433. The fourth-order valence-electron chi connectivity index (χ4n) is 4.85. The second-order valence-electron chi connectivity index (χ2n) is 10.00. The summed E-state index contributed by atoms with van der Waals surface area (Å²) in [7, 11) is -2.07. The normalized spacial score (nSPS) is 11.7. The highest BCUT2D eigenvalue weighted by atomic mass is 127. The van der Waals surface area contributed by atoms with E-state index in [4.69, 9.17) is 9.72 Å². The third kappa shape index (κ3) is 5.80.